The molecule has 1 saturated heterocycles. The maximum Gasteiger partial charge on any atom is 0.492 e. The van der Waals surface area contributed by atoms with E-state index in [2.05, 4.69) is 4.98 Å². The van der Waals surface area contributed by atoms with Gasteiger partial charge in [-0.15, -0.1) is 0 Å². The van der Waals surface area contributed by atoms with E-state index < -0.39 is 24.3 Å². The summed E-state index contributed by atoms with van der Waals surface area (Å²) in [7, 11) is -0.718. The molecule has 1 aromatic heterocycles. The number of nitrogens with two attached hydrogens (primary N) is 1. The number of pyridine rings is 1. The van der Waals surface area contributed by atoms with Crippen LogP contribution in [0.25, 0.3) is 6.08 Å². The largest absolute Gasteiger partial charge is 0.492 e. The Kier molecular flexibility index (Phi) is 4.10. The third-order valence-electron chi connectivity index (χ3n) is 3.98. The summed E-state index contributed by atoms with van der Waals surface area (Å²) < 4.78 is 24.9. The predicted molar refractivity (Wildman–Crippen MR) is 79.8 cm³/mol. The molecule has 2 rings (SSSR count). The lowest BCUT2D eigenvalue weighted by Crippen LogP contribution is -2.41. The number of hydrogen-bond donors (Lipinski definition) is 2. The predicted octanol–water partition coefficient (Wildman–Crippen LogP) is 1.81. The maximum atomic E-state index is 13.2. The zero-order valence-electron chi connectivity index (χ0n) is 12.7. The molecular weight excluding hydrogens is 274 g/mol. The van der Waals surface area contributed by atoms with E-state index in [0.717, 1.165) is 0 Å². The summed E-state index contributed by atoms with van der Waals surface area (Å²) >= 11 is 0. The van der Waals surface area contributed by atoms with E-state index >= 15 is 0 Å². The first-order valence-electron chi connectivity index (χ1n) is 6.75. The molecule has 0 bridgehead atoms. The third kappa shape index (κ3) is 3.10. The van der Waals surface area contributed by atoms with Crippen LogP contribution in [0.15, 0.2) is 17.6 Å². The van der Waals surface area contributed by atoms with Gasteiger partial charge in [-0.05, 0) is 51.4 Å². The van der Waals surface area contributed by atoms with Gasteiger partial charge < -0.3 is 20.1 Å². The molecule has 114 valence electrons. The highest BCUT2D eigenvalue weighted by molar-refractivity contribution is 6.55. The molecule has 1 aliphatic heterocycles. The number of halogens is 1. The monoisotopic (exact) mass is 294 g/mol. The van der Waals surface area contributed by atoms with Gasteiger partial charge in [0.05, 0.1) is 29.2 Å². The average molecular weight is 294 g/mol. The molecule has 0 radical (unpaired) electrons. The fraction of sp³-hybridized carbons (Fsp3) is 0.500. The van der Waals surface area contributed by atoms with Gasteiger partial charge in [-0.3, -0.25) is 0 Å². The normalized spacial score (nSPS) is 20.9. The number of aliphatic hydroxyl groups excluding tert-OH is 1. The first-order valence-corrected chi connectivity index (χ1v) is 6.75. The molecule has 2 heterocycles. The summed E-state index contributed by atoms with van der Waals surface area (Å²) in [5, 5.41) is 9.56. The Balaban J connectivity index is 2.33. The van der Waals surface area contributed by atoms with Crippen LogP contribution in [0.4, 0.5) is 10.1 Å². The van der Waals surface area contributed by atoms with Crippen molar-refractivity contribution in [2.45, 2.75) is 38.9 Å². The van der Waals surface area contributed by atoms with Crippen LogP contribution in [0.3, 0.4) is 0 Å². The van der Waals surface area contributed by atoms with Crippen molar-refractivity contribution in [2.24, 2.45) is 0 Å². The molecule has 0 amide bonds. The quantitative estimate of drug-likeness (QED) is 0.656. The zero-order chi connectivity index (χ0) is 15.8. The summed E-state index contributed by atoms with van der Waals surface area (Å²) in [5.41, 5.74) is 5.72. The van der Waals surface area contributed by atoms with Crippen LogP contribution in [0.1, 0.15) is 33.4 Å². The molecule has 21 heavy (non-hydrogen) atoms. The summed E-state index contributed by atoms with van der Waals surface area (Å²) in [4.78, 5) is 3.71. The van der Waals surface area contributed by atoms with Crippen molar-refractivity contribution < 1.29 is 18.8 Å². The third-order valence-corrected chi connectivity index (χ3v) is 3.98. The van der Waals surface area contributed by atoms with Crippen LogP contribution in [-0.4, -0.2) is 35.0 Å². The van der Waals surface area contributed by atoms with Crippen molar-refractivity contribution in [1.29, 1.82) is 0 Å². The van der Waals surface area contributed by atoms with E-state index in [1.807, 2.05) is 27.7 Å². The van der Waals surface area contributed by atoms with E-state index in [0.29, 0.717) is 11.2 Å². The van der Waals surface area contributed by atoms with Gasteiger partial charge in [-0.2, -0.15) is 4.39 Å². The van der Waals surface area contributed by atoms with Gasteiger partial charge >= 0.3 is 7.12 Å². The van der Waals surface area contributed by atoms with Crippen LogP contribution < -0.4 is 5.73 Å². The summed E-state index contributed by atoms with van der Waals surface area (Å²) in [6.45, 7) is 7.36. The lowest BCUT2D eigenvalue weighted by Gasteiger charge is -2.32. The number of anilines is 1. The Hall–Kier alpha value is -1.44. The summed E-state index contributed by atoms with van der Waals surface area (Å²) in [6.07, 6.45) is 1.50. The van der Waals surface area contributed by atoms with Crippen LogP contribution in [0, 0.1) is 5.95 Å². The molecule has 1 aliphatic rings. The molecule has 0 spiro atoms. The lowest BCUT2D eigenvalue weighted by atomic mass is 9.78. The SMILES string of the molecule is CC1(C)OB(C(=Cc2nc(F)ccc2N)CO)OC1(C)C. The number of hydrogen-bond acceptors (Lipinski definition) is 5. The number of aromatic nitrogens is 1. The maximum absolute atomic E-state index is 13.2. The lowest BCUT2D eigenvalue weighted by molar-refractivity contribution is 0.00578. The van der Waals surface area contributed by atoms with Gasteiger partial charge in [0.1, 0.15) is 0 Å². The highest BCUT2D eigenvalue weighted by atomic mass is 19.1. The minimum absolute atomic E-state index is 0.244. The highest BCUT2D eigenvalue weighted by Crippen LogP contribution is 2.38. The van der Waals surface area contributed by atoms with Gasteiger partial charge in [0.2, 0.25) is 5.95 Å². The number of nitrogens with zero attached hydrogens (tertiary/aromatic N) is 1. The van der Waals surface area contributed by atoms with E-state index in [-0.39, 0.29) is 12.3 Å². The van der Waals surface area contributed by atoms with Crippen LogP contribution in [0.2, 0.25) is 0 Å². The van der Waals surface area contributed by atoms with Crippen LogP contribution >= 0.6 is 0 Å². The van der Waals surface area contributed by atoms with E-state index in [1.54, 1.807) is 0 Å². The van der Waals surface area contributed by atoms with Gasteiger partial charge in [0.15, 0.2) is 0 Å². The van der Waals surface area contributed by atoms with E-state index in [1.165, 1.54) is 18.2 Å². The molecule has 1 fully saturated rings. The Morgan fingerprint density at radius 2 is 1.90 bits per heavy atom. The smallest absolute Gasteiger partial charge is 0.400 e. The van der Waals surface area contributed by atoms with Crippen molar-refractivity contribution in [1.82, 2.24) is 4.98 Å². The fourth-order valence-corrected chi connectivity index (χ4v) is 1.93. The number of aliphatic hydroxyl groups is 1. The molecule has 3 N–H and O–H groups in total. The molecule has 0 aliphatic carbocycles. The molecular formula is C14H20BFN2O3. The van der Waals surface area contributed by atoms with Crippen LogP contribution in [0.5, 0.6) is 0 Å². The van der Waals surface area contributed by atoms with Crippen LogP contribution in [-0.2, 0) is 9.31 Å². The van der Waals surface area contributed by atoms with Gasteiger partial charge in [-0.1, -0.05) is 0 Å². The Labute approximate surface area is 124 Å². The minimum atomic E-state index is -0.718. The van der Waals surface area contributed by atoms with Crippen molar-refractivity contribution in [3.8, 4) is 0 Å². The van der Waals surface area contributed by atoms with Gasteiger partial charge in [-0.25, -0.2) is 4.98 Å². The topological polar surface area (TPSA) is 77.6 Å². The Morgan fingerprint density at radius 1 is 1.33 bits per heavy atom. The summed E-state index contributed by atoms with van der Waals surface area (Å²) in [5.74, 6) is -0.637. The fourth-order valence-electron chi connectivity index (χ4n) is 1.93. The van der Waals surface area contributed by atoms with Gasteiger partial charge in [0.25, 0.3) is 0 Å². The first kappa shape index (κ1) is 15.9. The molecule has 1 aromatic rings. The number of rotatable bonds is 3. The second-order valence-corrected chi connectivity index (χ2v) is 6.07. The summed E-state index contributed by atoms with van der Waals surface area (Å²) in [6, 6.07) is 2.60. The Bertz CT molecular complexity index is 559. The first-order chi connectivity index (χ1) is 9.66. The molecule has 5 nitrogen and oxygen atoms in total. The van der Waals surface area contributed by atoms with Crippen molar-refractivity contribution in [3.05, 3.63) is 29.2 Å². The van der Waals surface area contributed by atoms with Gasteiger partial charge in [0, 0.05) is 0 Å². The zero-order valence-corrected chi connectivity index (χ0v) is 12.7. The van der Waals surface area contributed by atoms with Crippen molar-refractivity contribution in [2.75, 3.05) is 12.3 Å². The average Bonchev–Trinajstić information content (AvgIpc) is 2.59. The number of nitrogen functional groups attached to an aromatic ring is 1. The highest BCUT2D eigenvalue weighted by Gasteiger charge is 2.52. The molecule has 0 saturated carbocycles. The molecule has 0 atom stereocenters. The second kappa shape index (κ2) is 5.40. The van der Waals surface area contributed by atoms with Crippen molar-refractivity contribution in [3.63, 3.8) is 0 Å². The standard InChI is InChI=1S/C14H20BFN2O3/c1-13(2)14(3,4)21-15(20-13)9(8-19)7-11-10(17)5-6-12(16)18-11/h5-7,19H,8,17H2,1-4H3. The Morgan fingerprint density at radius 3 is 2.43 bits per heavy atom. The molecule has 0 unspecified atom stereocenters. The molecule has 7 heteroatoms. The molecule has 0 aromatic carbocycles. The van der Waals surface area contributed by atoms with E-state index in [9.17, 15) is 9.50 Å². The van der Waals surface area contributed by atoms with Crippen molar-refractivity contribution >= 4 is 18.9 Å². The van der Waals surface area contributed by atoms with E-state index in [4.69, 9.17) is 15.0 Å². The minimum Gasteiger partial charge on any atom is -0.400 e. The second-order valence-electron chi connectivity index (χ2n) is 6.07.